The van der Waals surface area contributed by atoms with E-state index in [1.54, 1.807) is 7.11 Å². The molecule has 1 amide bonds. The normalized spacial score (nSPS) is 14.9. The molecule has 6 heteroatoms. The molecule has 0 heterocycles. The topological polar surface area (TPSA) is 67.6 Å². The standard InChI is InChI=1S/C11H21N3O2S/c1-16-7-5-13-11(15)8-14(9-2-3-9)6-4-10(12)17/h9H,2-8H2,1H3,(H2,12,17)(H,13,15). The van der Waals surface area contributed by atoms with Crippen molar-refractivity contribution < 1.29 is 9.53 Å². The molecular formula is C11H21N3O2S. The Bertz CT molecular complexity index is 269. The minimum absolute atomic E-state index is 0.0388. The average Bonchev–Trinajstić information content (AvgIpc) is 3.08. The van der Waals surface area contributed by atoms with E-state index in [9.17, 15) is 4.79 Å². The predicted octanol–water partition coefficient (Wildman–Crippen LogP) is -0.110. The van der Waals surface area contributed by atoms with Crippen molar-refractivity contribution in [2.24, 2.45) is 5.73 Å². The Hall–Kier alpha value is -0.720. The quantitative estimate of drug-likeness (QED) is 0.447. The lowest BCUT2D eigenvalue weighted by atomic mass is 10.3. The summed E-state index contributed by atoms with van der Waals surface area (Å²) in [7, 11) is 1.62. The van der Waals surface area contributed by atoms with Gasteiger partial charge in [-0.25, -0.2) is 0 Å². The van der Waals surface area contributed by atoms with E-state index in [4.69, 9.17) is 22.7 Å². The lowest BCUT2D eigenvalue weighted by Crippen LogP contribution is -2.40. The third-order valence-electron chi connectivity index (χ3n) is 2.68. The molecule has 0 aromatic carbocycles. The van der Waals surface area contributed by atoms with E-state index in [0.29, 0.717) is 37.1 Å². The summed E-state index contributed by atoms with van der Waals surface area (Å²) in [4.78, 5) is 14.3. The Morgan fingerprint density at radius 1 is 1.59 bits per heavy atom. The highest BCUT2D eigenvalue weighted by Crippen LogP contribution is 2.26. The average molecular weight is 259 g/mol. The van der Waals surface area contributed by atoms with Crippen molar-refractivity contribution >= 4 is 23.1 Å². The summed E-state index contributed by atoms with van der Waals surface area (Å²) in [6.45, 7) is 2.31. The monoisotopic (exact) mass is 259 g/mol. The van der Waals surface area contributed by atoms with Crippen LogP contribution in [0.5, 0.6) is 0 Å². The van der Waals surface area contributed by atoms with E-state index in [0.717, 1.165) is 6.54 Å². The fourth-order valence-electron chi connectivity index (χ4n) is 1.62. The fraction of sp³-hybridized carbons (Fsp3) is 0.818. The van der Waals surface area contributed by atoms with Gasteiger partial charge in [0.05, 0.1) is 18.1 Å². The molecule has 0 aromatic rings. The van der Waals surface area contributed by atoms with Crippen LogP contribution in [0.4, 0.5) is 0 Å². The Morgan fingerprint density at radius 3 is 2.82 bits per heavy atom. The minimum Gasteiger partial charge on any atom is -0.393 e. The van der Waals surface area contributed by atoms with Crippen molar-refractivity contribution in [3.63, 3.8) is 0 Å². The molecule has 0 atom stereocenters. The first-order valence-electron chi connectivity index (χ1n) is 5.91. The zero-order valence-corrected chi connectivity index (χ0v) is 11.1. The molecule has 0 aliphatic heterocycles. The van der Waals surface area contributed by atoms with Crippen molar-refractivity contribution in [1.29, 1.82) is 0 Å². The van der Waals surface area contributed by atoms with Crippen molar-refractivity contribution in [3.05, 3.63) is 0 Å². The van der Waals surface area contributed by atoms with E-state index in [1.165, 1.54) is 12.8 Å². The van der Waals surface area contributed by atoms with Gasteiger partial charge in [-0.2, -0.15) is 0 Å². The van der Waals surface area contributed by atoms with Crippen molar-refractivity contribution in [2.45, 2.75) is 25.3 Å². The van der Waals surface area contributed by atoms with Gasteiger partial charge in [-0.1, -0.05) is 12.2 Å². The highest BCUT2D eigenvalue weighted by atomic mass is 32.1. The Balaban J connectivity index is 2.23. The zero-order valence-electron chi connectivity index (χ0n) is 10.3. The molecule has 1 rings (SSSR count). The van der Waals surface area contributed by atoms with Crippen LogP contribution in [0.2, 0.25) is 0 Å². The third-order valence-corrected chi connectivity index (χ3v) is 2.89. The molecule has 5 nitrogen and oxygen atoms in total. The maximum atomic E-state index is 11.6. The maximum Gasteiger partial charge on any atom is 0.234 e. The van der Waals surface area contributed by atoms with Gasteiger partial charge in [0.2, 0.25) is 5.91 Å². The lowest BCUT2D eigenvalue weighted by Gasteiger charge is -2.20. The molecule has 1 aliphatic rings. The number of nitrogens with zero attached hydrogens (tertiary/aromatic N) is 1. The highest BCUT2D eigenvalue weighted by Gasteiger charge is 2.29. The summed E-state index contributed by atoms with van der Waals surface area (Å²) in [5, 5.41) is 2.81. The van der Waals surface area contributed by atoms with Crippen molar-refractivity contribution in [2.75, 3.05) is 33.4 Å². The van der Waals surface area contributed by atoms with Crippen LogP contribution < -0.4 is 11.1 Å². The first-order chi connectivity index (χ1) is 8.13. The molecule has 0 spiro atoms. The number of nitrogens with one attached hydrogen (secondary N) is 1. The summed E-state index contributed by atoms with van der Waals surface area (Å²) >= 11 is 4.85. The largest absolute Gasteiger partial charge is 0.393 e. The van der Waals surface area contributed by atoms with Crippen LogP contribution in [0, 0.1) is 0 Å². The molecule has 3 N–H and O–H groups in total. The van der Waals surface area contributed by atoms with Crippen LogP contribution in [0.15, 0.2) is 0 Å². The van der Waals surface area contributed by atoms with Gasteiger partial charge in [-0.3, -0.25) is 9.69 Å². The smallest absolute Gasteiger partial charge is 0.234 e. The van der Waals surface area contributed by atoms with Crippen LogP contribution >= 0.6 is 12.2 Å². The number of methoxy groups -OCH3 is 1. The van der Waals surface area contributed by atoms with E-state index in [-0.39, 0.29) is 5.91 Å². The van der Waals surface area contributed by atoms with E-state index in [1.807, 2.05) is 0 Å². The second-order valence-corrected chi connectivity index (χ2v) is 4.79. The van der Waals surface area contributed by atoms with Crippen LogP contribution in [-0.2, 0) is 9.53 Å². The number of hydrogen-bond acceptors (Lipinski definition) is 4. The molecule has 0 radical (unpaired) electrons. The minimum atomic E-state index is 0.0388. The molecule has 0 aromatic heterocycles. The second kappa shape index (κ2) is 7.58. The SMILES string of the molecule is COCCNC(=O)CN(CCC(N)=S)C1CC1. The van der Waals surface area contributed by atoms with Gasteiger partial charge in [-0.05, 0) is 12.8 Å². The Morgan fingerprint density at radius 2 is 2.29 bits per heavy atom. The maximum absolute atomic E-state index is 11.6. The predicted molar refractivity (Wildman–Crippen MR) is 70.9 cm³/mol. The van der Waals surface area contributed by atoms with E-state index < -0.39 is 0 Å². The third kappa shape index (κ3) is 6.55. The van der Waals surface area contributed by atoms with Crippen LogP contribution in [0.1, 0.15) is 19.3 Å². The molecule has 0 unspecified atom stereocenters. The van der Waals surface area contributed by atoms with Gasteiger partial charge in [-0.15, -0.1) is 0 Å². The van der Waals surface area contributed by atoms with Gasteiger partial charge in [0.1, 0.15) is 0 Å². The van der Waals surface area contributed by atoms with Crippen molar-refractivity contribution in [3.8, 4) is 0 Å². The summed E-state index contributed by atoms with van der Waals surface area (Å²) in [5.74, 6) is 0.0388. The van der Waals surface area contributed by atoms with Gasteiger partial charge in [0.15, 0.2) is 0 Å². The Kier molecular flexibility index (Phi) is 6.39. The first-order valence-corrected chi connectivity index (χ1v) is 6.32. The number of amides is 1. The molecular weight excluding hydrogens is 238 g/mol. The van der Waals surface area contributed by atoms with E-state index in [2.05, 4.69) is 10.2 Å². The highest BCUT2D eigenvalue weighted by molar-refractivity contribution is 7.80. The summed E-state index contributed by atoms with van der Waals surface area (Å²) < 4.78 is 4.87. The zero-order chi connectivity index (χ0) is 12.7. The lowest BCUT2D eigenvalue weighted by molar-refractivity contribution is -0.122. The van der Waals surface area contributed by atoms with Crippen LogP contribution in [0.25, 0.3) is 0 Å². The molecule has 0 bridgehead atoms. The number of thiocarbonyl (C=S) groups is 1. The van der Waals surface area contributed by atoms with E-state index >= 15 is 0 Å². The first kappa shape index (κ1) is 14.3. The molecule has 17 heavy (non-hydrogen) atoms. The van der Waals surface area contributed by atoms with Crippen molar-refractivity contribution in [1.82, 2.24) is 10.2 Å². The molecule has 1 fully saturated rings. The fourth-order valence-corrected chi connectivity index (χ4v) is 1.71. The second-order valence-electron chi connectivity index (χ2n) is 4.26. The molecule has 1 saturated carbocycles. The van der Waals surface area contributed by atoms with Crippen LogP contribution in [-0.4, -0.2) is 55.2 Å². The van der Waals surface area contributed by atoms with Gasteiger partial charge >= 0.3 is 0 Å². The Labute approximate surface area is 108 Å². The number of hydrogen-bond donors (Lipinski definition) is 2. The van der Waals surface area contributed by atoms with Crippen LogP contribution in [0.3, 0.4) is 0 Å². The molecule has 98 valence electrons. The molecule has 1 aliphatic carbocycles. The number of nitrogens with two attached hydrogens (primary N) is 1. The number of carbonyl (C=O) groups is 1. The van der Waals surface area contributed by atoms with Gasteiger partial charge < -0.3 is 15.8 Å². The molecule has 0 saturated heterocycles. The summed E-state index contributed by atoms with van der Waals surface area (Å²) in [5.41, 5.74) is 5.48. The number of carbonyl (C=O) groups excluding carboxylic acids is 1. The van der Waals surface area contributed by atoms with Gasteiger partial charge in [0.25, 0.3) is 0 Å². The summed E-state index contributed by atoms with van der Waals surface area (Å²) in [6.07, 6.45) is 3.02. The summed E-state index contributed by atoms with van der Waals surface area (Å²) in [6, 6.07) is 0.539. The van der Waals surface area contributed by atoms with Gasteiger partial charge in [0, 0.05) is 32.7 Å². The number of ether oxygens (including phenoxy) is 1. The number of rotatable bonds is 9.